The molecule has 0 bridgehead atoms. The molecule has 0 aromatic rings. The van der Waals surface area contributed by atoms with Gasteiger partial charge in [-0.15, -0.1) is 0 Å². The van der Waals surface area contributed by atoms with Gasteiger partial charge >= 0.3 is 0 Å². The summed E-state index contributed by atoms with van der Waals surface area (Å²) in [6.07, 6.45) is 5.50. The lowest BCUT2D eigenvalue weighted by Crippen LogP contribution is -2.48. The number of hydrogen-bond acceptors (Lipinski definition) is 3. The van der Waals surface area contributed by atoms with Crippen molar-refractivity contribution < 1.29 is 4.74 Å². The van der Waals surface area contributed by atoms with Gasteiger partial charge in [-0.25, -0.2) is 0 Å². The Hall–Kier alpha value is 0.610. The third-order valence-corrected chi connectivity index (χ3v) is 5.39. The first-order valence-corrected chi connectivity index (χ1v) is 8.13. The molecular weight excluding hydrogens is 327 g/mol. The largest absolute Gasteiger partial charge is 0.383 e. The molecule has 0 N–H and O–H groups in total. The quantitative estimate of drug-likeness (QED) is 0.569. The van der Waals surface area contributed by atoms with Gasteiger partial charge in [-0.2, -0.15) is 0 Å². The second-order valence-electron chi connectivity index (χ2n) is 5.28. The molecule has 0 radical (unpaired) electrons. The molecule has 2 aliphatic heterocycles. The molecule has 3 nitrogen and oxygen atoms in total. The summed E-state index contributed by atoms with van der Waals surface area (Å²) in [7, 11) is 1.79. The zero-order chi connectivity index (χ0) is 12.1. The molecule has 2 fully saturated rings. The van der Waals surface area contributed by atoms with Gasteiger partial charge in [-0.1, -0.05) is 22.6 Å². The maximum Gasteiger partial charge on any atom is 0.0589 e. The molecule has 0 spiro atoms. The lowest BCUT2D eigenvalue weighted by molar-refractivity contribution is 0.0780. The number of methoxy groups -OCH3 is 1. The van der Waals surface area contributed by atoms with Gasteiger partial charge in [-0.3, -0.25) is 0 Å². The smallest absolute Gasteiger partial charge is 0.0589 e. The Morgan fingerprint density at radius 3 is 2.29 bits per heavy atom. The van der Waals surface area contributed by atoms with Crippen LogP contribution in [0.5, 0.6) is 0 Å². The molecule has 0 unspecified atom stereocenters. The SMILES string of the molecule is COCCN1CCC(N2CCC(I)CC2)CC1. The van der Waals surface area contributed by atoms with Crippen LogP contribution in [0, 0.1) is 0 Å². The van der Waals surface area contributed by atoms with E-state index in [-0.39, 0.29) is 0 Å². The topological polar surface area (TPSA) is 15.7 Å². The van der Waals surface area contributed by atoms with E-state index < -0.39 is 0 Å². The first kappa shape index (κ1) is 14.0. The summed E-state index contributed by atoms with van der Waals surface area (Å²) in [6.45, 7) is 7.17. The van der Waals surface area contributed by atoms with Gasteiger partial charge < -0.3 is 14.5 Å². The van der Waals surface area contributed by atoms with Gasteiger partial charge in [0.05, 0.1) is 6.61 Å². The molecule has 0 aromatic carbocycles. The lowest BCUT2D eigenvalue weighted by Gasteiger charge is -2.41. The predicted molar refractivity (Wildman–Crippen MR) is 80.0 cm³/mol. The normalized spacial score (nSPS) is 26.5. The first-order chi connectivity index (χ1) is 8.29. The van der Waals surface area contributed by atoms with Crippen molar-refractivity contribution >= 4 is 22.6 Å². The molecule has 0 aliphatic carbocycles. The summed E-state index contributed by atoms with van der Waals surface area (Å²) < 4.78 is 6.07. The van der Waals surface area contributed by atoms with E-state index in [1.807, 2.05) is 0 Å². The molecule has 17 heavy (non-hydrogen) atoms. The van der Waals surface area contributed by atoms with E-state index >= 15 is 0 Å². The van der Waals surface area contributed by atoms with Gasteiger partial charge in [0.25, 0.3) is 0 Å². The van der Waals surface area contributed by atoms with E-state index in [2.05, 4.69) is 32.4 Å². The van der Waals surface area contributed by atoms with Crippen molar-refractivity contribution in [1.29, 1.82) is 0 Å². The molecular formula is C13H25IN2O. The van der Waals surface area contributed by atoms with Crippen LogP contribution in [0.3, 0.4) is 0 Å². The zero-order valence-corrected chi connectivity index (χ0v) is 13.1. The Morgan fingerprint density at radius 2 is 1.71 bits per heavy atom. The highest BCUT2D eigenvalue weighted by Crippen LogP contribution is 2.24. The Balaban J connectivity index is 1.68. The molecule has 0 saturated carbocycles. The number of piperidine rings is 2. The fourth-order valence-corrected chi connectivity index (χ4v) is 3.52. The molecule has 0 amide bonds. The Morgan fingerprint density at radius 1 is 1.06 bits per heavy atom. The maximum atomic E-state index is 5.15. The van der Waals surface area contributed by atoms with Crippen LogP contribution in [0.2, 0.25) is 0 Å². The van der Waals surface area contributed by atoms with Gasteiger partial charge in [0.15, 0.2) is 0 Å². The van der Waals surface area contributed by atoms with Crippen LogP contribution in [0.15, 0.2) is 0 Å². The van der Waals surface area contributed by atoms with Crippen LogP contribution in [0.25, 0.3) is 0 Å². The van der Waals surface area contributed by atoms with Crippen molar-refractivity contribution in [2.45, 2.75) is 35.6 Å². The van der Waals surface area contributed by atoms with E-state index in [1.54, 1.807) is 7.11 Å². The number of nitrogens with zero attached hydrogens (tertiary/aromatic N) is 2. The fraction of sp³-hybridized carbons (Fsp3) is 1.00. The van der Waals surface area contributed by atoms with Gasteiger partial charge in [0.2, 0.25) is 0 Å². The van der Waals surface area contributed by atoms with Crippen molar-refractivity contribution in [3.8, 4) is 0 Å². The van der Waals surface area contributed by atoms with Crippen molar-refractivity contribution in [2.75, 3.05) is 46.4 Å². The molecule has 2 rings (SSSR count). The highest BCUT2D eigenvalue weighted by Gasteiger charge is 2.27. The predicted octanol–water partition coefficient (Wildman–Crippen LogP) is 2.00. The molecule has 0 atom stereocenters. The van der Waals surface area contributed by atoms with Crippen LogP contribution in [0.4, 0.5) is 0 Å². The Bertz CT molecular complexity index is 211. The number of likely N-dealkylation sites (tertiary alicyclic amines) is 2. The molecule has 2 heterocycles. The van der Waals surface area contributed by atoms with Crippen LogP contribution < -0.4 is 0 Å². The highest BCUT2D eigenvalue weighted by atomic mass is 127. The zero-order valence-electron chi connectivity index (χ0n) is 10.9. The van der Waals surface area contributed by atoms with Gasteiger partial charge in [-0.05, 0) is 51.9 Å². The van der Waals surface area contributed by atoms with Crippen molar-refractivity contribution in [3.05, 3.63) is 0 Å². The van der Waals surface area contributed by atoms with E-state index in [0.717, 1.165) is 23.1 Å². The second kappa shape index (κ2) is 7.26. The minimum atomic E-state index is 0.859. The van der Waals surface area contributed by atoms with Crippen molar-refractivity contribution in [1.82, 2.24) is 9.80 Å². The first-order valence-electron chi connectivity index (χ1n) is 6.89. The van der Waals surface area contributed by atoms with Gasteiger partial charge in [0.1, 0.15) is 0 Å². The number of halogens is 1. The standard InChI is InChI=1S/C13H25IN2O/c1-17-11-10-15-6-4-13(5-7-15)16-8-2-12(14)3-9-16/h12-13H,2-11H2,1H3. The number of rotatable bonds is 4. The average Bonchev–Trinajstić information content (AvgIpc) is 2.38. The second-order valence-corrected chi connectivity index (χ2v) is 7.04. The fourth-order valence-electron chi connectivity index (χ4n) is 2.96. The van der Waals surface area contributed by atoms with Crippen LogP contribution in [-0.2, 0) is 4.74 Å². The molecule has 2 aliphatic rings. The third-order valence-electron chi connectivity index (χ3n) is 4.14. The molecule has 4 heteroatoms. The number of ether oxygens (including phenoxy) is 1. The van der Waals surface area contributed by atoms with Gasteiger partial charge in [0, 0.05) is 23.6 Å². The minimum absolute atomic E-state index is 0.859. The molecule has 2 saturated heterocycles. The minimum Gasteiger partial charge on any atom is -0.383 e. The summed E-state index contributed by atoms with van der Waals surface area (Å²) in [5.41, 5.74) is 0. The van der Waals surface area contributed by atoms with E-state index in [1.165, 1.54) is 51.9 Å². The third kappa shape index (κ3) is 4.33. The van der Waals surface area contributed by atoms with E-state index in [0.29, 0.717) is 0 Å². The number of hydrogen-bond donors (Lipinski definition) is 0. The summed E-state index contributed by atoms with van der Waals surface area (Å²) in [6, 6.07) is 0.859. The van der Waals surface area contributed by atoms with Crippen LogP contribution in [-0.4, -0.2) is 66.2 Å². The van der Waals surface area contributed by atoms with E-state index in [4.69, 9.17) is 4.74 Å². The Kier molecular flexibility index (Phi) is 5.99. The lowest BCUT2D eigenvalue weighted by atomic mass is 10.00. The number of alkyl halides is 1. The summed E-state index contributed by atoms with van der Waals surface area (Å²) in [5.74, 6) is 0. The average molecular weight is 352 g/mol. The summed E-state index contributed by atoms with van der Waals surface area (Å²) in [4.78, 5) is 5.29. The molecule has 0 aromatic heterocycles. The maximum absolute atomic E-state index is 5.15. The summed E-state index contributed by atoms with van der Waals surface area (Å²) in [5, 5.41) is 0. The van der Waals surface area contributed by atoms with E-state index in [9.17, 15) is 0 Å². The van der Waals surface area contributed by atoms with Crippen molar-refractivity contribution in [2.24, 2.45) is 0 Å². The van der Waals surface area contributed by atoms with Crippen molar-refractivity contribution in [3.63, 3.8) is 0 Å². The molecule has 100 valence electrons. The highest BCUT2D eigenvalue weighted by molar-refractivity contribution is 14.1. The summed E-state index contributed by atoms with van der Waals surface area (Å²) >= 11 is 2.61. The van der Waals surface area contributed by atoms with Crippen LogP contribution in [0.1, 0.15) is 25.7 Å². The monoisotopic (exact) mass is 352 g/mol. The van der Waals surface area contributed by atoms with Crippen LogP contribution >= 0.6 is 22.6 Å². The Labute approximate surface area is 119 Å².